The number of hydrogen-bond donors (Lipinski definition) is 0. The van der Waals surface area contributed by atoms with Crippen LogP contribution in [0.15, 0.2) is 36.5 Å². The maximum absolute atomic E-state index is 13.4. The van der Waals surface area contributed by atoms with Gasteiger partial charge in [-0.15, -0.1) is 0 Å². The van der Waals surface area contributed by atoms with E-state index in [1.165, 1.54) is 12.1 Å². The SMILES string of the molecule is CCCCC(=O)N1CCN(C(=O)c2cn3nc(-c4ccc(F)cc4)cc(C(C)C)c3n2)C[C@@H]1C. The fraction of sp³-hybridized carbons (Fsp3) is 0.462. The van der Waals surface area contributed by atoms with Crippen LogP contribution in [0.25, 0.3) is 16.9 Å². The Morgan fingerprint density at radius 1 is 1.18 bits per heavy atom. The summed E-state index contributed by atoms with van der Waals surface area (Å²) in [6.45, 7) is 9.70. The van der Waals surface area contributed by atoms with Gasteiger partial charge in [0.05, 0.1) is 11.9 Å². The Labute approximate surface area is 199 Å². The van der Waals surface area contributed by atoms with Gasteiger partial charge in [0.25, 0.3) is 5.91 Å². The quantitative estimate of drug-likeness (QED) is 0.537. The number of aromatic nitrogens is 3. The van der Waals surface area contributed by atoms with Gasteiger partial charge in [0.15, 0.2) is 5.65 Å². The van der Waals surface area contributed by atoms with Crippen molar-refractivity contribution in [2.75, 3.05) is 19.6 Å². The molecule has 1 aromatic carbocycles. The lowest BCUT2D eigenvalue weighted by atomic mass is 10.0. The molecule has 0 saturated carbocycles. The summed E-state index contributed by atoms with van der Waals surface area (Å²) in [6, 6.07) is 8.13. The fourth-order valence-electron chi connectivity index (χ4n) is 4.44. The third-order valence-electron chi connectivity index (χ3n) is 6.41. The van der Waals surface area contributed by atoms with Crippen LogP contribution in [0.4, 0.5) is 4.39 Å². The van der Waals surface area contributed by atoms with Crippen LogP contribution in [-0.4, -0.2) is 61.9 Å². The number of carbonyl (C=O) groups is 2. The zero-order valence-corrected chi connectivity index (χ0v) is 20.3. The number of benzene rings is 1. The number of hydrogen-bond acceptors (Lipinski definition) is 4. The van der Waals surface area contributed by atoms with Crippen LogP contribution in [-0.2, 0) is 4.79 Å². The van der Waals surface area contributed by atoms with Crippen LogP contribution in [0.5, 0.6) is 0 Å². The zero-order valence-electron chi connectivity index (χ0n) is 20.3. The summed E-state index contributed by atoms with van der Waals surface area (Å²) in [5.74, 6) is -0.136. The average Bonchev–Trinajstić information content (AvgIpc) is 3.25. The van der Waals surface area contributed by atoms with E-state index in [4.69, 9.17) is 0 Å². The van der Waals surface area contributed by atoms with Crippen LogP contribution >= 0.6 is 0 Å². The summed E-state index contributed by atoms with van der Waals surface area (Å²) in [6.07, 6.45) is 4.10. The minimum absolute atomic E-state index is 0.0338. The highest BCUT2D eigenvalue weighted by Crippen LogP contribution is 2.26. The highest BCUT2D eigenvalue weighted by molar-refractivity contribution is 5.93. The molecule has 0 radical (unpaired) electrons. The van der Waals surface area contributed by atoms with Gasteiger partial charge in [-0.1, -0.05) is 27.2 Å². The van der Waals surface area contributed by atoms with E-state index in [1.54, 1.807) is 27.7 Å². The van der Waals surface area contributed by atoms with Gasteiger partial charge in [-0.3, -0.25) is 9.59 Å². The molecule has 0 bridgehead atoms. The molecule has 3 heterocycles. The minimum Gasteiger partial charge on any atom is -0.336 e. The molecule has 1 saturated heterocycles. The molecule has 1 atom stereocenters. The second-order valence-corrected chi connectivity index (χ2v) is 9.33. The van der Waals surface area contributed by atoms with Crippen molar-refractivity contribution in [1.82, 2.24) is 24.4 Å². The molecule has 0 spiro atoms. The first-order chi connectivity index (χ1) is 16.3. The number of unbranched alkanes of at least 4 members (excludes halogenated alkanes) is 1. The van der Waals surface area contributed by atoms with E-state index in [2.05, 4.69) is 30.9 Å². The second-order valence-electron chi connectivity index (χ2n) is 9.33. The van der Waals surface area contributed by atoms with E-state index in [0.29, 0.717) is 43.1 Å². The largest absolute Gasteiger partial charge is 0.336 e. The van der Waals surface area contributed by atoms with Crippen molar-refractivity contribution < 1.29 is 14.0 Å². The van der Waals surface area contributed by atoms with E-state index < -0.39 is 0 Å². The molecule has 1 aliphatic heterocycles. The fourth-order valence-corrected chi connectivity index (χ4v) is 4.44. The Morgan fingerprint density at radius 2 is 1.91 bits per heavy atom. The van der Waals surface area contributed by atoms with Crippen LogP contribution in [0.2, 0.25) is 0 Å². The standard InChI is InChI=1S/C26H32FN5O2/c1-5-6-7-24(33)31-13-12-30(15-18(31)4)26(34)23-16-32-25(28-23)21(17(2)3)14-22(29-32)19-8-10-20(27)11-9-19/h8-11,14,16-18H,5-7,12-13,15H2,1-4H3/t18-/m0/s1. The van der Waals surface area contributed by atoms with Gasteiger partial charge in [0.2, 0.25) is 5.91 Å². The van der Waals surface area contributed by atoms with Crippen molar-refractivity contribution in [3.63, 3.8) is 0 Å². The minimum atomic E-state index is -0.300. The normalized spacial score (nSPS) is 16.5. The van der Waals surface area contributed by atoms with Crippen molar-refractivity contribution >= 4 is 17.5 Å². The second kappa shape index (κ2) is 9.91. The number of amides is 2. The molecule has 8 heteroatoms. The number of piperazine rings is 1. The van der Waals surface area contributed by atoms with Crippen LogP contribution in [0.3, 0.4) is 0 Å². The molecular formula is C26H32FN5O2. The third-order valence-corrected chi connectivity index (χ3v) is 6.41. The van der Waals surface area contributed by atoms with E-state index >= 15 is 0 Å². The van der Waals surface area contributed by atoms with Crippen LogP contribution < -0.4 is 0 Å². The van der Waals surface area contributed by atoms with Crippen LogP contribution in [0.1, 0.15) is 68.9 Å². The van der Waals surface area contributed by atoms with Gasteiger partial charge in [-0.25, -0.2) is 13.9 Å². The van der Waals surface area contributed by atoms with Gasteiger partial charge in [0, 0.05) is 43.2 Å². The number of nitrogens with zero attached hydrogens (tertiary/aromatic N) is 5. The Morgan fingerprint density at radius 3 is 2.56 bits per heavy atom. The van der Waals surface area contributed by atoms with Gasteiger partial charge in [-0.2, -0.15) is 5.10 Å². The summed E-state index contributed by atoms with van der Waals surface area (Å²) >= 11 is 0. The lowest BCUT2D eigenvalue weighted by Gasteiger charge is -2.39. The Bertz CT molecular complexity index is 1190. The Balaban J connectivity index is 1.59. The lowest BCUT2D eigenvalue weighted by molar-refractivity contribution is -0.135. The molecule has 7 nitrogen and oxygen atoms in total. The molecular weight excluding hydrogens is 433 g/mol. The number of halogens is 1. The van der Waals surface area contributed by atoms with Gasteiger partial charge in [0.1, 0.15) is 11.5 Å². The summed E-state index contributed by atoms with van der Waals surface area (Å²) in [7, 11) is 0. The third kappa shape index (κ3) is 4.81. The maximum Gasteiger partial charge on any atom is 0.274 e. The molecule has 0 N–H and O–H groups in total. The highest BCUT2D eigenvalue weighted by atomic mass is 19.1. The first-order valence-corrected chi connectivity index (χ1v) is 12.0. The molecule has 3 aromatic rings. The zero-order chi connectivity index (χ0) is 24.4. The molecule has 2 amide bonds. The average molecular weight is 466 g/mol. The van der Waals surface area contributed by atoms with E-state index in [9.17, 15) is 14.0 Å². The molecule has 0 aliphatic carbocycles. The number of imidazole rings is 1. The molecule has 1 aliphatic rings. The smallest absolute Gasteiger partial charge is 0.274 e. The highest BCUT2D eigenvalue weighted by Gasteiger charge is 2.31. The molecule has 1 fully saturated rings. The number of fused-ring (bicyclic) bond motifs is 1. The maximum atomic E-state index is 13.4. The van der Waals surface area contributed by atoms with Gasteiger partial charge in [-0.05, 0) is 49.6 Å². The Hall–Kier alpha value is -3.29. The summed E-state index contributed by atoms with van der Waals surface area (Å²) in [4.78, 5) is 34.1. The molecule has 2 aromatic heterocycles. The van der Waals surface area contributed by atoms with E-state index in [0.717, 1.165) is 24.0 Å². The van der Waals surface area contributed by atoms with Gasteiger partial charge >= 0.3 is 0 Å². The predicted molar refractivity (Wildman–Crippen MR) is 129 cm³/mol. The van der Waals surface area contributed by atoms with Gasteiger partial charge < -0.3 is 9.80 Å². The lowest BCUT2D eigenvalue weighted by Crippen LogP contribution is -2.55. The van der Waals surface area contributed by atoms with E-state index in [-0.39, 0.29) is 29.6 Å². The monoisotopic (exact) mass is 465 g/mol. The van der Waals surface area contributed by atoms with E-state index in [1.807, 2.05) is 17.9 Å². The molecule has 4 rings (SSSR count). The number of carbonyl (C=O) groups excluding carboxylic acids is 2. The topological polar surface area (TPSA) is 70.8 Å². The summed E-state index contributed by atoms with van der Waals surface area (Å²) in [5.41, 5.74) is 3.44. The van der Waals surface area contributed by atoms with Crippen molar-refractivity contribution in [3.8, 4) is 11.3 Å². The first kappa shape index (κ1) is 23.9. The van der Waals surface area contributed by atoms with Crippen molar-refractivity contribution in [2.24, 2.45) is 0 Å². The predicted octanol–water partition coefficient (Wildman–Crippen LogP) is 4.52. The van der Waals surface area contributed by atoms with Crippen molar-refractivity contribution in [1.29, 1.82) is 0 Å². The summed E-state index contributed by atoms with van der Waals surface area (Å²) < 4.78 is 15.0. The molecule has 180 valence electrons. The summed E-state index contributed by atoms with van der Waals surface area (Å²) in [5, 5.41) is 4.65. The first-order valence-electron chi connectivity index (χ1n) is 12.0. The van der Waals surface area contributed by atoms with Crippen molar-refractivity contribution in [3.05, 3.63) is 53.6 Å². The Kier molecular flexibility index (Phi) is 6.95. The molecule has 0 unspecified atom stereocenters. The van der Waals surface area contributed by atoms with Crippen LogP contribution in [0, 0.1) is 5.82 Å². The van der Waals surface area contributed by atoms with Crippen molar-refractivity contribution in [2.45, 2.75) is 58.9 Å². The number of rotatable bonds is 6. The molecule has 34 heavy (non-hydrogen) atoms.